The third-order valence-electron chi connectivity index (χ3n) is 4.66. The van der Waals surface area contributed by atoms with Gasteiger partial charge in [-0.15, -0.1) is 0 Å². The Hall–Kier alpha value is -2.38. The molecular weight excluding hydrogens is 388 g/mol. The molecule has 0 spiro atoms. The number of nitrogens with zero attached hydrogens (tertiary/aromatic N) is 1. The van der Waals surface area contributed by atoms with Crippen molar-refractivity contribution in [1.82, 2.24) is 9.62 Å². The van der Waals surface area contributed by atoms with E-state index in [4.69, 9.17) is 4.74 Å². The van der Waals surface area contributed by atoms with Gasteiger partial charge >= 0.3 is 0 Å². The van der Waals surface area contributed by atoms with Crippen LogP contribution < -0.4 is 10.1 Å². The zero-order chi connectivity index (χ0) is 21.4. The van der Waals surface area contributed by atoms with Crippen molar-refractivity contribution in [3.63, 3.8) is 0 Å². The van der Waals surface area contributed by atoms with Crippen LogP contribution in [-0.2, 0) is 21.4 Å². The number of nitrogens with one attached hydrogen (secondary N) is 1. The molecule has 0 aliphatic rings. The summed E-state index contributed by atoms with van der Waals surface area (Å²) in [4.78, 5) is 12.4. The quantitative estimate of drug-likeness (QED) is 0.640. The lowest BCUT2D eigenvalue weighted by Gasteiger charge is -2.18. The highest BCUT2D eigenvalue weighted by atomic mass is 32.2. The number of rotatable bonds is 10. The van der Waals surface area contributed by atoms with E-state index in [-0.39, 0.29) is 17.4 Å². The van der Waals surface area contributed by atoms with Crippen LogP contribution in [0.1, 0.15) is 44.7 Å². The Kier molecular flexibility index (Phi) is 8.22. The maximum atomic E-state index is 12.5. The van der Waals surface area contributed by atoms with Gasteiger partial charge in [0, 0.05) is 19.6 Å². The van der Waals surface area contributed by atoms with Crippen LogP contribution in [0, 0.1) is 0 Å². The summed E-state index contributed by atoms with van der Waals surface area (Å²) in [6, 6.07) is 14.3. The standard InChI is InChI=1S/C22H30N2O4S/c1-5-24(6-2)29(26,27)19-13-11-18(12-14-19)15-23-22(25)16-28-21-10-8-7-9-20(21)17(3)4/h7-14,17H,5-6,15-16H2,1-4H3,(H,23,25). The van der Waals surface area contributed by atoms with Gasteiger partial charge in [0.15, 0.2) is 6.61 Å². The van der Waals surface area contributed by atoms with Gasteiger partial charge in [0.25, 0.3) is 5.91 Å². The van der Waals surface area contributed by atoms with Crippen LogP contribution >= 0.6 is 0 Å². The van der Waals surface area contributed by atoms with Crippen molar-refractivity contribution in [1.29, 1.82) is 0 Å². The summed E-state index contributed by atoms with van der Waals surface area (Å²) < 4.78 is 32.1. The van der Waals surface area contributed by atoms with E-state index in [0.717, 1.165) is 11.1 Å². The summed E-state index contributed by atoms with van der Waals surface area (Å²) >= 11 is 0. The number of benzene rings is 2. The minimum atomic E-state index is -3.47. The van der Waals surface area contributed by atoms with Crippen molar-refractivity contribution in [2.24, 2.45) is 0 Å². The topological polar surface area (TPSA) is 75.7 Å². The maximum Gasteiger partial charge on any atom is 0.258 e. The van der Waals surface area contributed by atoms with E-state index in [1.165, 1.54) is 4.31 Å². The summed E-state index contributed by atoms with van der Waals surface area (Å²) in [6.45, 7) is 8.86. The summed E-state index contributed by atoms with van der Waals surface area (Å²) in [6.07, 6.45) is 0. The lowest BCUT2D eigenvalue weighted by Crippen LogP contribution is -2.30. The van der Waals surface area contributed by atoms with E-state index in [1.807, 2.05) is 38.1 Å². The predicted molar refractivity (Wildman–Crippen MR) is 114 cm³/mol. The molecule has 0 fully saturated rings. The molecular formula is C22H30N2O4S. The molecule has 0 unspecified atom stereocenters. The Bertz CT molecular complexity index is 905. The van der Waals surface area contributed by atoms with E-state index < -0.39 is 10.0 Å². The van der Waals surface area contributed by atoms with Gasteiger partial charge < -0.3 is 10.1 Å². The molecule has 2 aromatic rings. The van der Waals surface area contributed by atoms with Gasteiger partial charge in [-0.05, 0) is 35.2 Å². The molecule has 0 heterocycles. The van der Waals surface area contributed by atoms with E-state index in [1.54, 1.807) is 24.3 Å². The van der Waals surface area contributed by atoms with Crippen LogP contribution in [0.25, 0.3) is 0 Å². The molecule has 158 valence electrons. The lowest BCUT2D eigenvalue weighted by molar-refractivity contribution is -0.123. The molecule has 7 heteroatoms. The smallest absolute Gasteiger partial charge is 0.258 e. The third kappa shape index (κ3) is 6.05. The second kappa shape index (κ2) is 10.4. The van der Waals surface area contributed by atoms with Gasteiger partial charge in [0.05, 0.1) is 4.90 Å². The first-order valence-electron chi connectivity index (χ1n) is 9.87. The molecule has 2 aromatic carbocycles. The zero-order valence-corrected chi connectivity index (χ0v) is 18.3. The highest BCUT2D eigenvalue weighted by Gasteiger charge is 2.21. The van der Waals surface area contributed by atoms with Gasteiger partial charge in [-0.3, -0.25) is 4.79 Å². The van der Waals surface area contributed by atoms with Gasteiger partial charge in [-0.2, -0.15) is 4.31 Å². The fourth-order valence-electron chi connectivity index (χ4n) is 2.98. The number of sulfonamides is 1. The first-order valence-corrected chi connectivity index (χ1v) is 11.3. The Balaban J connectivity index is 1.91. The second-order valence-corrected chi connectivity index (χ2v) is 8.93. The molecule has 0 radical (unpaired) electrons. The number of ether oxygens (including phenoxy) is 1. The molecule has 0 aliphatic carbocycles. The fraction of sp³-hybridized carbons (Fsp3) is 0.409. The number of hydrogen-bond acceptors (Lipinski definition) is 4. The Morgan fingerprint density at radius 3 is 2.24 bits per heavy atom. The van der Waals surface area contributed by atoms with Crippen LogP contribution in [0.5, 0.6) is 5.75 Å². The van der Waals surface area contributed by atoms with Crippen molar-refractivity contribution >= 4 is 15.9 Å². The van der Waals surface area contributed by atoms with Crippen molar-refractivity contribution in [2.75, 3.05) is 19.7 Å². The number of hydrogen-bond donors (Lipinski definition) is 1. The van der Waals surface area contributed by atoms with E-state index in [2.05, 4.69) is 19.2 Å². The monoisotopic (exact) mass is 418 g/mol. The van der Waals surface area contributed by atoms with Gasteiger partial charge in [0.1, 0.15) is 5.75 Å². The van der Waals surface area contributed by atoms with Crippen molar-refractivity contribution in [2.45, 2.75) is 45.1 Å². The molecule has 0 aromatic heterocycles. The minimum absolute atomic E-state index is 0.0713. The van der Waals surface area contributed by atoms with Crippen LogP contribution in [0.4, 0.5) is 0 Å². The highest BCUT2D eigenvalue weighted by molar-refractivity contribution is 7.89. The summed E-state index contributed by atoms with van der Waals surface area (Å²) in [7, 11) is -3.47. The van der Waals surface area contributed by atoms with Gasteiger partial charge in [0.2, 0.25) is 10.0 Å². The first kappa shape index (κ1) is 22.9. The van der Waals surface area contributed by atoms with Crippen LogP contribution in [0.3, 0.4) is 0 Å². The maximum absolute atomic E-state index is 12.5. The predicted octanol–water partition coefficient (Wildman–Crippen LogP) is 3.54. The van der Waals surface area contributed by atoms with Gasteiger partial charge in [-0.25, -0.2) is 8.42 Å². The number of amides is 1. The number of carbonyl (C=O) groups excluding carboxylic acids is 1. The summed E-state index contributed by atoms with van der Waals surface area (Å²) in [5, 5.41) is 2.80. The summed E-state index contributed by atoms with van der Waals surface area (Å²) in [5.74, 6) is 0.785. The zero-order valence-electron chi connectivity index (χ0n) is 17.5. The normalized spacial score (nSPS) is 11.7. The molecule has 6 nitrogen and oxygen atoms in total. The van der Waals surface area contributed by atoms with Crippen LogP contribution in [0.2, 0.25) is 0 Å². The molecule has 2 rings (SSSR count). The molecule has 0 saturated heterocycles. The lowest BCUT2D eigenvalue weighted by atomic mass is 10.0. The average Bonchev–Trinajstić information content (AvgIpc) is 2.71. The first-order chi connectivity index (χ1) is 13.8. The molecule has 29 heavy (non-hydrogen) atoms. The minimum Gasteiger partial charge on any atom is -0.483 e. The van der Waals surface area contributed by atoms with Crippen LogP contribution in [-0.4, -0.2) is 38.3 Å². The average molecular weight is 419 g/mol. The number of para-hydroxylation sites is 1. The van der Waals surface area contributed by atoms with E-state index >= 15 is 0 Å². The van der Waals surface area contributed by atoms with E-state index in [9.17, 15) is 13.2 Å². The molecule has 1 N–H and O–H groups in total. The van der Waals surface area contributed by atoms with Crippen molar-refractivity contribution in [3.05, 3.63) is 59.7 Å². The number of carbonyl (C=O) groups is 1. The third-order valence-corrected chi connectivity index (χ3v) is 6.72. The molecule has 0 saturated carbocycles. The highest BCUT2D eigenvalue weighted by Crippen LogP contribution is 2.25. The SMILES string of the molecule is CCN(CC)S(=O)(=O)c1ccc(CNC(=O)COc2ccccc2C(C)C)cc1. The van der Waals surface area contributed by atoms with Gasteiger partial charge in [-0.1, -0.05) is 58.0 Å². The second-order valence-electron chi connectivity index (χ2n) is 6.99. The molecule has 1 amide bonds. The summed E-state index contributed by atoms with van der Waals surface area (Å²) in [5.41, 5.74) is 1.88. The molecule has 0 atom stereocenters. The molecule has 0 aliphatic heterocycles. The Morgan fingerprint density at radius 2 is 1.66 bits per heavy atom. The fourth-order valence-corrected chi connectivity index (χ4v) is 4.43. The Labute approximate surface area is 173 Å². The van der Waals surface area contributed by atoms with Crippen molar-refractivity contribution < 1.29 is 17.9 Å². The molecule has 0 bridgehead atoms. The van der Waals surface area contributed by atoms with Crippen molar-refractivity contribution in [3.8, 4) is 5.75 Å². The van der Waals surface area contributed by atoms with E-state index in [0.29, 0.717) is 31.3 Å². The largest absolute Gasteiger partial charge is 0.483 e. The Morgan fingerprint density at radius 1 is 1.03 bits per heavy atom. The van der Waals surface area contributed by atoms with Crippen LogP contribution in [0.15, 0.2) is 53.4 Å².